The van der Waals surface area contributed by atoms with Crippen molar-refractivity contribution in [1.29, 1.82) is 0 Å². The molecular weight excluding hydrogens is 384 g/mol. The zero-order valence-electron chi connectivity index (χ0n) is 18.1. The molecule has 0 spiro atoms. The van der Waals surface area contributed by atoms with Crippen molar-refractivity contribution in [3.63, 3.8) is 0 Å². The van der Waals surface area contributed by atoms with Gasteiger partial charge in [-0.25, -0.2) is 4.98 Å². The monoisotopic (exact) mass is 410 g/mol. The number of aromatic nitrogens is 1. The number of carbonyl (C=O) groups excluding carboxylic acids is 1. The van der Waals surface area contributed by atoms with Gasteiger partial charge in [-0.2, -0.15) is 0 Å². The minimum atomic E-state index is -0.112. The number of aryl methyl sites for hydroxylation is 1. The third-order valence-corrected chi connectivity index (χ3v) is 5.42. The SMILES string of the molecule is CCN(CC)c1ccc(/C=C(\C(=O)c2ccc(C)cc2)c2nc3ccccc3o2)cc1. The molecule has 4 heteroatoms. The zero-order valence-corrected chi connectivity index (χ0v) is 18.1. The van der Waals surface area contributed by atoms with Gasteiger partial charge in [0.15, 0.2) is 11.4 Å². The highest BCUT2D eigenvalue weighted by Gasteiger charge is 2.20. The Kier molecular flexibility index (Phi) is 5.99. The molecular formula is C27H26N2O2. The van der Waals surface area contributed by atoms with Crippen LogP contribution >= 0.6 is 0 Å². The highest BCUT2D eigenvalue weighted by molar-refractivity contribution is 6.31. The van der Waals surface area contributed by atoms with Crippen molar-refractivity contribution in [2.24, 2.45) is 0 Å². The van der Waals surface area contributed by atoms with Crippen LogP contribution < -0.4 is 4.90 Å². The smallest absolute Gasteiger partial charge is 0.231 e. The van der Waals surface area contributed by atoms with Crippen molar-refractivity contribution in [1.82, 2.24) is 4.98 Å². The minimum Gasteiger partial charge on any atom is -0.436 e. The van der Waals surface area contributed by atoms with Gasteiger partial charge in [-0.15, -0.1) is 0 Å². The van der Waals surface area contributed by atoms with Gasteiger partial charge in [0.05, 0.1) is 5.57 Å². The molecule has 0 saturated heterocycles. The van der Waals surface area contributed by atoms with Gasteiger partial charge >= 0.3 is 0 Å². The number of anilines is 1. The molecule has 0 amide bonds. The molecule has 0 N–H and O–H groups in total. The van der Waals surface area contributed by atoms with E-state index in [1.807, 2.05) is 73.7 Å². The molecule has 0 aliphatic rings. The van der Waals surface area contributed by atoms with Crippen molar-refractivity contribution in [3.05, 3.63) is 95.4 Å². The van der Waals surface area contributed by atoms with Gasteiger partial charge in [0.2, 0.25) is 5.89 Å². The average Bonchev–Trinajstić information content (AvgIpc) is 3.23. The Morgan fingerprint density at radius 1 is 0.935 bits per heavy atom. The largest absolute Gasteiger partial charge is 0.436 e. The van der Waals surface area contributed by atoms with Gasteiger partial charge in [0, 0.05) is 24.3 Å². The van der Waals surface area contributed by atoms with E-state index in [2.05, 4.69) is 35.9 Å². The number of oxazole rings is 1. The quantitative estimate of drug-likeness (QED) is 0.261. The standard InChI is InChI=1S/C27H26N2O2/c1-4-29(5-2)22-16-12-20(13-17-22)18-23(26(30)21-14-10-19(3)11-15-21)27-28-24-8-6-7-9-25(24)31-27/h6-18H,4-5H2,1-3H3/b23-18+. The second-order valence-corrected chi connectivity index (χ2v) is 7.50. The van der Waals surface area contributed by atoms with Crippen LogP contribution in [0.3, 0.4) is 0 Å². The summed E-state index contributed by atoms with van der Waals surface area (Å²) in [7, 11) is 0. The summed E-state index contributed by atoms with van der Waals surface area (Å²) in [6.07, 6.45) is 1.86. The molecule has 31 heavy (non-hydrogen) atoms. The van der Waals surface area contributed by atoms with Crippen LogP contribution in [-0.2, 0) is 0 Å². The third-order valence-electron chi connectivity index (χ3n) is 5.42. The van der Waals surface area contributed by atoms with Crippen LogP contribution in [0.2, 0.25) is 0 Å². The summed E-state index contributed by atoms with van der Waals surface area (Å²) >= 11 is 0. The maximum Gasteiger partial charge on any atom is 0.231 e. The Balaban J connectivity index is 1.77. The normalized spacial score (nSPS) is 11.6. The first-order valence-electron chi connectivity index (χ1n) is 10.6. The highest BCUT2D eigenvalue weighted by Crippen LogP contribution is 2.27. The Morgan fingerprint density at radius 3 is 2.26 bits per heavy atom. The fourth-order valence-electron chi connectivity index (χ4n) is 3.61. The number of fused-ring (bicyclic) bond motifs is 1. The van der Waals surface area contributed by atoms with Gasteiger partial charge < -0.3 is 9.32 Å². The van der Waals surface area contributed by atoms with Crippen LogP contribution in [0, 0.1) is 6.92 Å². The number of para-hydroxylation sites is 2. The fraction of sp³-hybridized carbons (Fsp3) is 0.185. The Bertz CT molecular complexity index is 1180. The number of ketones is 1. The summed E-state index contributed by atoms with van der Waals surface area (Å²) in [5.41, 5.74) is 5.64. The van der Waals surface area contributed by atoms with Crippen molar-refractivity contribution >= 4 is 34.2 Å². The van der Waals surface area contributed by atoms with Gasteiger partial charge in [0.1, 0.15) is 5.52 Å². The summed E-state index contributed by atoms with van der Waals surface area (Å²) in [5, 5.41) is 0. The van der Waals surface area contributed by atoms with E-state index < -0.39 is 0 Å². The molecule has 3 aromatic carbocycles. The predicted octanol–water partition coefficient (Wildman–Crippen LogP) is 6.41. The maximum atomic E-state index is 13.4. The molecule has 156 valence electrons. The molecule has 0 atom stereocenters. The molecule has 4 aromatic rings. The lowest BCUT2D eigenvalue weighted by Gasteiger charge is -2.20. The van der Waals surface area contributed by atoms with E-state index in [4.69, 9.17) is 4.42 Å². The number of carbonyl (C=O) groups is 1. The predicted molar refractivity (Wildman–Crippen MR) is 127 cm³/mol. The summed E-state index contributed by atoms with van der Waals surface area (Å²) < 4.78 is 5.96. The third kappa shape index (κ3) is 4.43. The lowest BCUT2D eigenvalue weighted by Crippen LogP contribution is -2.21. The molecule has 0 fully saturated rings. The second-order valence-electron chi connectivity index (χ2n) is 7.50. The van der Waals surface area contributed by atoms with E-state index in [1.165, 1.54) is 0 Å². The number of rotatable bonds is 7. The van der Waals surface area contributed by atoms with E-state index >= 15 is 0 Å². The number of hydrogen-bond donors (Lipinski definition) is 0. The molecule has 1 aromatic heterocycles. The summed E-state index contributed by atoms with van der Waals surface area (Å²) in [6.45, 7) is 8.19. The van der Waals surface area contributed by atoms with Crippen molar-refractivity contribution in [3.8, 4) is 0 Å². The lowest BCUT2D eigenvalue weighted by molar-refractivity contribution is 0.105. The minimum absolute atomic E-state index is 0.112. The Hall–Kier alpha value is -3.66. The van der Waals surface area contributed by atoms with Crippen LogP contribution in [-0.4, -0.2) is 23.9 Å². The first-order valence-corrected chi connectivity index (χ1v) is 10.6. The van der Waals surface area contributed by atoms with Crippen LogP contribution in [0.25, 0.3) is 22.7 Å². The number of hydrogen-bond acceptors (Lipinski definition) is 4. The molecule has 0 aliphatic heterocycles. The van der Waals surface area contributed by atoms with Crippen LogP contribution in [0.15, 0.2) is 77.2 Å². The van der Waals surface area contributed by atoms with Crippen molar-refractivity contribution < 1.29 is 9.21 Å². The van der Waals surface area contributed by atoms with Gasteiger partial charge in [-0.05, 0) is 56.7 Å². The molecule has 0 bridgehead atoms. The number of Topliss-reactive ketones (excluding diaryl/α,β-unsaturated/α-hetero) is 1. The van der Waals surface area contributed by atoms with E-state index in [1.54, 1.807) is 0 Å². The molecule has 0 saturated carbocycles. The number of allylic oxidation sites excluding steroid dienone is 1. The zero-order chi connectivity index (χ0) is 21.8. The lowest BCUT2D eigenvalue weighted by atomic mass is 10.00. The molecule has 0 radical (unpaired) electrons. The van der Waals surface area contributed by atoms with Gasteiger partial charge in [-0.1, -0.05) is 54.1 Å². The average molecular weight is 411 g/mol. The van der Waals surface area contributed by atoms with Crippen LogP contribution in [0.1, 0.15) is 41.2 Å². The van der Waals surface area contributed by atoms with E-state index in [0.717, 1.165) is 35.4 Å². The first-order chi connectivity index (χ1) is 15.1. The Morgan fingerprint density at radius 2 is 1.61 bits per heavy atom. The Labute approximate surface area is 182 Å². The van der Waals surface area contributed by atoms with E-state index in [0.29, 0.717) is 22.6 Å². The maximum absolute atomic E-state index is 13.4. The van der Waals surface area contributed by atoms with Crippen LogP contribution in [0.5, 0.6) is 0 Å². The number of nitrogens with zero attached hydrogens (tertiary/aromatic N) is 2. The number of benzene rings is 3. The molecule has 4 nitrogen and oxygen atoms in total. The summed E-state index contributed by atoms with van der Waals surface area (Å²) in [4.78, 5) is 20.3. The molecule has 0 unspecified atom stereocenters. The highest BCUT2D eigenvalue weighted by atomic mass is 16.3. The van der Waals surface area contributed by atoms with Gasteiger partial charge in [-0.3, -0.25) is 4.79 Å². The summed E-state index contributed by atoms with van der Waals surface area (Å²) in [6, 6.07) is 23.3. The van der Waals surface area contributed by atoms with Crippen molar-refractivity contribution in [2.75, 3.05) is 18.0 Å². The second kappa shape index (κ2) is 9.00. The fourth-order valence-corrected chi connectivity index (χ4v) is 3.61. The van der Waals surface area contributed by atoms with E-state index in [9.17, 15) is 4.79 Å². The topological polar surface area (TPSA) is 46.3 Å². The first kappa shape index (κ1) is 20.6. The molecule has 0 aliphatic carbocycles. The molecule has 1 heterocycles. The van der Waals surface area contributed by atoms with Crippen molar-refractivity contribution in [2.45, 2.75) is 20.8 Å². The van der Waals surface area contributed by atoms with E-state index in [-0.39, 0.29) is 5.78 Å². The molecule has 4 rings (SSSR count). The van der Waals surface area contributed by atoms with Gasteiger partial charge in [0.25, 0.3) is 0 Å². The summed E-state index contributed by atoms with van der Waals surface area (Å²) in [5.74, 6) is 0.221. The van der Waals surface area contributed by atoms with Crippen LogP contribution in [0.4, 0.5) is 5.69 Å².